The van der Waals surface area contributed by atoms with Crippen molar-refractivity contribution in [1.82, 2.24) is 10.3 Å². The number of nitrogens with one attached hydrogen (secondary N) is 2. The van der Waals surface area contributed by atoms with Crippen LogP contribution in [-0.2, 0) is 0 Å². The third kappa shape index (κ3) is 5.61. The van der Waals surface area contributed by atoms with Crippen LogP contribution in [0.15, 0.2) is 47.6 Å². The van der Waals surface area contributed by atoms with Gasteiger partial charge in [-0.15, -0.1) is 0 Å². The van der Waals surface area contributed by atoms with E-state index in [-0.39, 0.29) is 5.82 Å². The van der Waals surface area contributed by atoms with E-state index in [2.05, 4.69) is 39.8 Å². The smallest absolute Gasteiger partial charge is 0.123 e. The predicted molar refractivity (Wildman–Crippen MR) is 108 cm³/mol. The van der Waals surface area contributed by atoms with Gasteiger partial charge in [0.25, 0.3) is 0 Å². The summed E-state index contributed by atoms with van der Waals surface area (Å²) in [5, 5.41) is 7.88. The first-order valence-electron chi connectivity index (χ1n) is 9.24. The Kier molecular flexibility index (Phi) is 6.74. The highest BCUT2D eigenvalue weighted by molar-refractivity contribution is 8.00. The summed E-state index contributed by atoms with van der Waals surface area (Å²) in [6, 6.07) is 11.3. The van der Waals surface area contributed by atoms with Crippen LogP contribution in [0.3, 0.4) is 0 Å². The topological polar surface area (TPSA) is 40.2 Å². The first-order valence-corrected chi connectivity index (χ1v) is 10.0. The van der Waals surface area contributed by atoms with Crippen LogP contribution in [0.5, 0.6) is 0 Å². The fourth-order valence-corrected chi connectivity index (χ4v) is 4.02. The third-order valence-electron chi connectivity index (χ3n) is 4.30. The average Bonchev–Trinajstić information content (AvgIpc) is 2.64. The first kappa shape index (κ1) is 19.0. The Morgan fingerprint density at radius 3 is 2.54 bits per heavy atom. The molecular formula is C20H27FN4S. The molecule has 1 aliphatic rings. The number of hydrogen-bond acceptors (Lipinski definition) is 5. The number of anilines is 2. The van der Waals surface area contributed by atoms with Crippen molar-refractivity contribution in [2.45, 2.75) is 37.8 Å². The first-order chi connectivity index (χ1) is 12.6. The van der Waals surface area contributed by atoms with E-state index >= 15 is 0 Å². The van der Waals surface area contributed by atoms with Gasteiger partial charge < -0.3 is 14.9 Å². The van der Waals surface area contributed by atoms with Crippen LogP contribution in [0.25, 0.3) is 0 Å². The molecule has 0 saturated carbocycles. The van der Waals surface area contributed by atoms with Crippen LogP contribution < -0.4 is 14.9 Å². The van der Waals surface area contributed by atoms with Crippen molar-refractivity contribution < 1.29 is 4.39 Å². The normalized spacial score (nSPS) is 15.2. The van der Waals surface area contributed by atoms with E-state index in [4.69, 9.17) is 0 Å². The van der Waals surface area contributed by atoms with Gasteiger partial charge in [0.15, 0.2) is 0 Å². The molecule has 2 N–H and O–H groups in total. The largest absolute Gasteiger partial charge is 0.381 e. The predicted octanol–water partition coefficient (Wildman–Crippen LogP) is 4.55. The SMILES string of the molecule is CC(C)CN(Sc1ccc(NC2CCNCC2)cn1)c1ccc(F)cc1. The lowest BCUT2D eigenvalue weighted by atomic mass is 10.1. The van der Waals surface area contributed by atoms with Crippen molar-refractivity contribution in [2.24, 2.45) is 5.92 Å². The number of aromatic nitrogens is 1. The maximum absolute atomic E-state index is 13.2. The van der Waals surface area contributed by atoms with E-state index in [9.17, 15) is 4.39 Å². The van der Waals surface area contributed by atoms with Gasteiger partial charge in [0.05, 0.1) is 11.9 Å². The van der Waals surface area contributed by atoms with Crippen molar-refractivity contribution >= 4 is 23.3 Å². The molecule has 140 valence electrons. The van der Waals surface area contributed by atoms with Gasteiger partial charge in [-0.25, -0.2) is 9.37 Å². The number of piperidine rings is 1. The summed E-state index contributed by atoms with van der Waals surface area (Å²) in [4.78, 5) is 4.60. The van der Waals surface area contributed by atoms with Crippen molar-refractivity contribution in [3.63, 3.8) is 0 Å². The molecule has 4 nitrogen and oxygen atoms in total. The van der Waals surface area contributed by atoms with Crippen molar-refractivity contribution in [1.29, 1.82) is 0 Å². The Bertz CT molecular complexity index is 669. The van der Waals surface area contributed by atoms with Crippen molar-refractivity contribution in [2.75, 3.05) is 29.3 Å². The van der Waals surface area contributed by atoms with Gasteiger partial charge in [0.2, 0.25) is 0 Å². The molecule has 1 aliphatic heterocycles. The minimum absolute atomic E-state index is 0.213. The molecule has 1 aromatic heterocycles. The highest BCUT2D eigenvalue weighted by Crippen LogP contribution is 2.29. The second-order valence-corrected chi connectivity index (χ2v) is 8.12. The average molecular weight is 375 g/mol. The molecule has 3 rings (SSSR count). The van der Waals surface area contributed by atoms with Crippen LogP contribution in [-0.4, -0.2) is 30.7 Å². The van der Waals surface area contributed by atoms with Crippen LogP contribution >= 0.6 is 11.9 Å². The molecule has 0 unspecified atom stereocenters. The van der Waals surface area contributed by atoms with Gasteiger partial charge in [0, 0.05) is 30.2 Å². The Morgan fingerprint density at radius 1 is 1.19 bits per heavy atom. The molecule has 0 spiro atoms. The van der Waals surface area contributed by atoms with Gasteiger partial charge in [0.1, 0.15) is 10.8 Å². The zero-order valence-electron chi connectivity index (χ0n) is 15.4. The van der Waals surface area contributed by atoms with Crippen LogP contribution in [0, 0.1) is 11.7 Å². The number of hydrogen-bond donors (Lipinski definition) is 2. The highest BCUT2D eigenvalue weighted by atomic mass is 32.2. The van der Waals surface area contributed by atoms with Crippen LogP contribution in [0.2, 0.25) is 0 Å². The Hall–Kier alpha value is -1.79. The molecule has 2 aromatic rings. The Balaban J connectivity index is 1.65. The Labute approximate surface area is 159 Å². The summed E-state index contributed by atoms with van der Waals surface area (Å²) in [6.45, 7) is 7.36. The van der Waals surface area contributed by atoms with Gasteiger partial charge >= 0.3 is 0 Å². The molecule has 6 heteroatoms. The van der Waals surface area contributed by atoms with Gasteiger partial charge in [-0.1, -0.05) is 13.8 Å². The van der Waals surface area contributed by atoms with E-state index in [0.717, 1.165) is 48.9 Å². The number of halogens is 1. The minimum atomic E-state index is -0.213. The molecule has 0 radical (unpaired) electrons. The molecule has 1 fully saturated rings. The second-order valence-electron chi connectivity index (χ2n) is 7.08. The van der Waals surface area contributed by atoms with Crippen LogP contribution in [0.4, 0.5) is 15.8 Å². The lowest BCUT2D eigenvalue weighted by molar-refractivity contribution is 0.479. The zero-order chi connectivity index (χ0) is 18.4. The van der Waals surface area contributed by atoms with E-state index in [1.165, 1.54) is 12.1 Å². The lowest BCUT2D eigenvalue weighted by Gasteiger charge is -2.26. The molecule has 0 amide bonds. The van der Waals surface area contributed by atoms with Crippen molar-refractivity contribution in [3.05, 3.63) is 48.4 Å². The molecule has 1 aromatic carbocycles. The van der Waals surface area contributed by atoms with Gasteiger partial charge in [-0.05, 0) is 68.2 Å². The van der Waals surface area contributed by atoms with Gasteiger partial charge in [-0.2, -0.15) is 0 Å². The summed E-state index contributed by atoms with van der Waals surface area (Å²) in [7, 11) is 0. The molecule has 1 saturated heterocycles. The zero-order valence-corrected chi connectivity index (χ0v) is 16.2. The summed E-state index contributed by atoms with van der Waals surface area (Å²) in [5.74, 6) is 0.281. The van der Waals surface area contributed by atoms with Crippen LogP contribution in [0.1, 0.15) is 26.7 Å². The minimum Gasteiger partial charge on any atom is -0.381 e. The van der Waals surface area contributed by atoms with E-state index in [0.29, 0.717) is 12.0 Å². The monoisotopic (exact) mass is 374 g/mol. The van der Waals surface area contributed by atoms with E-state index < -0.39 is 0 Å². The number of benzene rings is 1. The molecule has 0 atom stereocenters. The fraction of sp³-hybridized carbons (Fsp3) is 0.450. The maximum atomic E-state index is 13.2. The van der Waals surface area contributed by atoms with E-state index in [1.54, 1.807) is 11.9 Å². The van der Waals surface area contributed by atoms with Gasteiger partial charge in [-0.3, -0.25) is 0 Å². The molecular weight excluding hydrogens is 347 g/mol. The highest BCUT2D eigenvalue weighted by Gasteiger charge is 2.14. The maximum Gasteiger partial charge on any atom is 0.123 e. The number of pyridine rings is 1. The summed E-state index contributed by atoms with van der Waals surface area (Å²) in [5.41, 5.74) is 2.06. The second kappa shape index (κ2) is 9.24. The molecule has 2 heterocycles. The van der Waals surface area contributed by atoms with Crippen molar-refractivity contribution in [3.8, 4) is 0 Å². The number of rotatable bonds is 7. The quantitative estimate of drug-likeness (QED) is 0.696. The third-order valence-corrected chi connectivity index (χ3v) is 5.30. The lowest BCUT2D eigenvalue weighted by Crippen LogP contribution is -2.35. The molecule has 0 bridgehead atoms. The summed E-state index contributed by atoms with van der Waals surface area (Å²) >= 11 is 1.59. The molecule has 26 heavy (non-hydrogen) atoms. The number of nitrogens with zero attached hydrogens (tertiary/aromatic N) is 2. The Morgan fingerprint density at radius 2 is 1.92 bits per heavy atom. The summed E-state index contributed by atoms with van der Waals surface area (Å²) < 4.78 is 15.4. The standard InChI is InChI=1S/C20H27FN4S/c1-15(2)14-25(19-6-3-16(21)4-7-19)26-20-8-5-18(13-23-20)24-17-9-11-22-12-10-17/h3-8,13,15,17,22,24H,9-12,14H2,1-2H3. The fourth-order valence-electron chi connectivity index (χ4n) is 2.97. The summed E-state index contributed by atoms with van der Waals surface area (Å²) in [6.07, 6.45) is 4.19. The molecule has 0 aliphatic carbocycles. The van der Waals surface area contributed by atoms with E-state index in [1.807, 2.05) is 24.4 Å².